The van der Waals surface area contributed by atoms with Crippen LogP contribution in [0.4, 0.5) is 0 Å². The summed E-state index contributed by atoms with van der Waals surface area (Å²) < 4.78 is 9.07. The zero-order valence-corrected chi connectivity index (χ0v) is 18.9. The van der Waals surface area contributed by atoms with Crippen molar-refractivity contribution in [2.45, 2.75) is 78.7 Å². The number of ether oxygens (including phenoxy) is 1. The number of aromatic nitrogens is 8. The van der Waals surface area contributed by atoms with E-state index in [-0.39, 0.29) is 12.0 Å². The van der Waals surface area contributed by atoms with Crippen LogP contribution in [0.2, 0.25) is 0 Å². The lowest BCUT2D eigenvalue weighted by Crippen LogP contribution is -2.56. The number of carbonyl (C=O) groups is 1. The first-order chi connectivity index (χ1) is 15.2. The van der Waals surface area contributed by atoms with Gasteiger partial charge in [-0.2, -0.15) is 0 Å². The molecule has 1 aliphatic rings. The Morgan fingerprint density at radius 1 is 0.935 bits per heavy atom. The number of hydrogen-bond acceptors (Lipinski definition) is 10. The van der Waals surface area contributed by atoms with Crippen molar-refractivity contribution in [3.63, 3.8) is 0 Å². The Morgan fingerprint density at radius 3 is 2.13 bits per heavy atom. The van der Waals surface area contributed by atoms with Crippen LogP contribution in [0.5, 0.6) is 0 Å². The number of carbonyl (C=O) groups excluding carboxylic acids is 1. The fourth-order valence-corrected chi connectivity index (χ4v) is 3.69. The molecule has 2 aromatic rings. The lowest BCUT2D eigenvalue weighted by molar-refractivity contribution is -0.152. The number of nitrogens with zero attached hydrogens (tertiary/aromatic N) is 10. The minimum Gasteiger partial charge on any atom is -0.465 e. The Bertz CT molecular complexity index is 807. The largest absolute Gasteiger partial charge is 0.465 e. The van der Waals surface area contributed by atoms with Crippen molar-refractivity contribution in [3.8, 4) is 0 Å². The van der Waals surface area contributed by atoms with Gasteiger partial charge in [-0.1, -0.05) is 26.7 Å². The SMILES string of the molecule is CCCCn1nnnc1CN1CCN(Cc2nnnn2CCCC)C(C(=O)OCC)C1. The van der Waals surface area contributed by atoms with Crippen LogP contribution in [-0.4, -0.2) is 88.5 Å². The molecule has 1 atom stereocenters. The van der Waals surface area contributed by atoms with Gasteiger partial charge in [-0.25, -0.2) is 9.36 Å². The van der Waals surface area contributed by atoms with Crippen molar-refractivity contribution in [1.82, 2.24) is 50.2 Å². The summed E-state index contributed by atoms with van der Waals surface area (Å²) in [7, 11) is 0. The third-order valence-corrected chi connectivity index (χ3v) is 5.50. The predicted molar refractivity (Wildman–Crippen MR) is 112 cm³/mol. The molecule has 31 heavy (non-hydrogen) atoms. The summed E-state index contributed by atoms with van der Waals surface area (Å²) in [4.78, 5) is 17.1. The highest BCUT2D eigenvalue weighted by Gasteiger charge is 2.35. The first-order valence-corrected chi connectivity index (χ1v) is 11.3. The highest BCUT2D eigenvalue weighted by molar-refractivity contribution is 5.76. The van der Waals surface area contributed by atoms with Gasteiger partial charge in [0.2, 0.25) is 0 Å². The Kier molecular flexibility index (Phi) is 8.83. The molecule has 0 radical (unpaired) electrons. The molecule has 3 heterocycles. The van der Waals surface area contributed by atoms with Crippen LogP contribution in [-0.2, 0) is 35.7 Å². The summed E-state index contributed by atoms with van der Waals surface area (Å²) in [5.41, 5.74) is 0. The number of unbranched alkanes of at least 4 members (excludes halogenated alkanes) is 2. The molecule has 1 unspecified atom stereocenters. The smallest absolute Gasteiger partial charge is 0.324 e. The summed E-state index contributed by atoms with van der Waals surface area (Å²) in [5.74, 6) is 1.39. The Labute approximate surface area is 182 Å². The normalized spacial score (nSPS) is 17.8. The van der Waals surface area contributed by atoms with Crippen molar-refractivity contribution >= 4 is 5.97 Å². The van der Waals surface area contributed by atoms with Gasteiger partial charge < -0.3 is 4.74 Å². The molecule has 0 spiro atoms. The molecule has 0 amide bonds. The van der Waals surface area contributed by atoms with Gasteiger partial charge >= 0.3 is 5.97 Å². The molecule has 0 aromatic carbocycles. The summed E-state index contributed by atoms with van der Waals surface area (Å²) in [6, 6.07) is -0.384. The summed E-state index contributed by atoms with van der Waals surface area (Å²) in [6.07, 6.45) is 4.20. The number of aryl methyl sites for hydroxylation is 2. The number of esters is 1. The van der Waals surface area contributed by atoms with E-state index in [0.29, 0.717) is 32.8 Å². The molecule has 0 N–H and O–H groups in total. The second-order valence-corrected chi connectivity index (χ2v) is 7.82. The van der Waals surface area contributed by atoms with E-state index >= 15 is 0 Å². The zero-order valence-electron chi connectivity index (χ0n) is 18.9. The highest BCUT2D eigenvalue weighted by atomic mass is 16.5. The van der Waals surface area contributed by atoms with Crippen molar-refractivity contribution in [3.05, 3.63) is 11.6 Å². The molecule has 3 rings (SSSR count). The maximum atomic E-state index is 12.8. The average molecular weight is 435 g/mol. The van der Waals surface area contributed by atoms with Gasteiger partial charge in [0.15, 0.2) is 11.6 Å². The molecule has 172 valence electrons. The summed E-state index contributed by atoms with van der Waals surface area (Å²) in [6.45, 7) is 11.2. The van der Waals surface area contributed by atoms with Gasteiger partial charge in [-0.3, -0.25) is 14.6 Å². The van der Waals surface area contributed by atoms with Gasteiger partial charge in [0.05, 0.1) is 19.7 Å². The van der Waals surface area contributed by atoms with Crippen LogP contribution < -0.4 is 0 Å². The van der Waals surface area contributed by atoms with E-state index in [2.05, 4.69) is 54.7 Å². The Hall–Kier alpha value is -2.47. The van der Waals surface area contributed by atoms with Crippen LogP contribution in [0.25, 0.3) is 0 Å². The van der Waals surface area contributed by atoms with E-state index in [0.717, 1.165) is 57.0 Å². The lowest BCUT2D eigenvalue weighted by Gasteiger charge is -2.39. The molecular weight excluding hydrogens is 400 g/mol. The van der Waals surface area contributed by atoms with Crippen molar-refractivity contribution < 1.29 is 9.53 Å². The molecule has 0 aliphatic carbocycles. The number of hydrogen-bond donors (Lipinski definition) is 0. The molecule has 2 aromatic heterocycles. The third kappa shape index (κ3) is 6.26. The summed E-state index contributed by atoms with van der Waals surface area (Å²) in [5, 5.41) is 24.2. The fourth-order valence-electron chi connectivity index (χ4n) is 3.69. The Balaban J connectivity index is 1.67. The van der Waals surface area contributed by atoms with Gasteiger partial charge in [-0.05, 0) is 40.6 Å². The highest BCUT2D eigenvalue weighted by Crippen LogP contribution is 2.16. The van der Waals surface area contributed by atoms with Gasteiger partial charge in [0, 0.05) is 32.7 Å². The van der Waals surface area contributed by atoms with E-state index in [1.807, 2.05) is 16.3 Å². The third-order valence-electron chi connectivity index (χ3n) is 5.50. The average Bonchev–Trinajstić information content (AvgIpc) is 3.41. The molecule has 1 saturated heterocycles. The van der Waals surface area contributed by atoms with Gasteiger partial charge in [-0.15, -0.1) is 10.2 Å². The molecule has 0 saturated carbocycles. The maximum absolute atomic E-state index is 12.8. The van der Waals surface area contributed by atoms with E-state index in [9.17, 15) is 4.79 Å². The van der Waals surface area contributed by atoms with Gasteiger partial charge in [0.1, 0.15) is 6.04 Å². The molecule has 12 nitrogen and oxygen atoms in total. The minimum absolute atomic E-state index is 0.217. The quantitative estimate of drug-likeness (QED) is 0.437. The van der Waals surface area contributed by atoms with Crippen LogP contribution in [0, 0.1) is 0 Å². The van der Waals surface area contributed by atoms with Crippen LogP contribution in [0.1, 0.15) is 58.1 Å². The van der Waals surface area contributed by atoms with Crippen LogP contribution in [0.3, 0.4) is 0 Å². The number of piperazine rings is 1. The zero-order chi connectivity index (χ0) is 22.1. The maximum Gasteiger partial charge on any atom is 0.324 e. The molecule has 12 heteroatoms. The molecule has 1 fully saturated rings. The summed E-state index contributed by atoms with van der Waals surface area (Å²) >= 11 is 0. The monoisotopic (exact) mass is 434 g/mol. The number of tetrazole rings is 2. The topological polar surface area (TPSA) is 120 Å². The standard InChI is InChI=1S/C19H34N10O2/c1-4-7-9-28-17(20-22-24-28)14-26-11-12-27(16(13-26)19(30)31-6-3)15-18-21-23-25-29(18)10-8-5-2/h16H,4-15H2,1-3H3. The first-order valence-electron chi connectivity index (χ1n) is 11.3. The van der Waals surface area contributed by atoms with Crippen molar-refractivity contribution in [1.29, 1.82) is 0 Å². The second-order valence-electron chi connectivity index (χ2n) is 7.82. The molecular formula is C19H34N10O2. The predicted octanol–water partition coefficient (Wildman–Crippen LogP) is 0.509. The molecule has 0 bridgehead atoms. The first kappa shape index (κ1) is 23.2. The van der Waals surface area contributed by atoms with Crippen molar-refractivity contribution in [2.24, 2.45) is 0 Å². The Morgan fingerprint density at radius 2 is 1.55 bits per heavy atom. The van der Waals surface area contributed by atoms with E-state index in [4.69, 9.17) is 4.74 Å². The molecule has 1 aliphatic heterocycles. The van der Waals surface area contributed by atoms with Crippen LogP contribution >= 0.6 is 0 Å². The van der Waals surface area contributed by atoms with Gasteiger partial charge in [0.25, 0.3) is 0 Å². The van der Waals surface area contributed by atoms with E-state index in [1.165, 1.54) is 0 Å². The van der Waals surface area contributed by atoms with E-state index in [1.54, 1.807) is 0 Å². The van der Waals surface area contributed by atoms with E-state index < -0.39 is 0 Å². The second kappa shape index (κ2) is 11.8. The van der Waals surface area contributed by atoms with Crippen LogP contribution in [0.15, 0.2) is 0 Å². The fraction of sp³-hybridized carbons (Fsp3) is 0.842. The lowest BCUT2D eigenvalue weighted by atomic mass is 10.1. The number of rotatable bonds is 12. The van der Waals surface area contributed by atoms with Crippen molar-refractivity contribution in [2.75, 3.05) is 26.2 Å². The minimum atomic E-state index is -0.384.